The van der Waals surface area contributed by atoms with Crippen molar-refractivity contribution >= 4 is 46.4 Å². The van der Waals surface area contributed by atoms with Crippen LogP contribution in [0.25, 0.3) is 28.2 Å². The summed E-state index contributed by atoms with van der Waals surface area (Å²) in [5.74, 6) is -1.08. The van der Waals surface area contributed by atoms with Crippen LogP contribution in [0, 0.1) is 0 Å². The second kappa shape index (κ2) is 14.2. The molecule has 1 aliphatic heterocycles. The summed E-state index contributed by atoms with van der Waals surface area (Å²) >= 11 is 0. The summed E-state index contributed by atoms with van der Waals surface area (Å²) in [5.41, 5.74) is 6.20. The summed E-state index contributed by atoms with van der Waals surface area (Å²) in [5, 5.41) is 13.3. The highest BCUT2D eigenvalue weighted by atomic mass is 16.4. The third-order valence-corrected chi connectivity index (χ3v) is 11.1. The third-order valence-electron chi connectivity index (χ3n) is 11.1. The van der Waals surface area contributed by atoms with Crippen molar-refractivity contribution in [1.29, 1.82) is 0 Å². The van der Waals surface area contributed by atoms with E-state index in [0.29, 0.717) is 37.3 Å². The number of nitrogens with one attached hydrogen (secondary N) is 1. The van der Waals surface area contributed by atoms with E-state index in [2.05, 4.69) is 22.0 Å². The van der Waals surface area contributed by atoms with Crippen LogP contribution in [0.3, 0.4) is 0 Å². The largest absolute Gasteiger partial charge is 0.478 e. The Morgan fingerprint density at radius 2 is 1.67 bits per heavy atom. The van der Waals surface area contributed by atoms with Gasteiger partial charge in [-0.05, 0) is 90.6 Å². The first kappa shape index (κ1) is 34.3. The Morgan fingerprint density at radius 3 is 2.37 bits per heavy atom. The van der Waals surface area contributed by atoms with E-state index in [4.69, 9.17) is 5.11 Å². The van der Waals surface area contributed by atoms with E-state index in [1.165, 1.54) is 24.8 Å². The van der Waals surface area contributed by atoms with Gasteiger partial charge in [0.25, 0.3) is 11.8 Å². The van der Waals surface area contributed by atoms with Gasteiger partial charge in [0, 0.05) is 43.4 Å². The number of benzene rings is 3. The number of rotatable bonds is 9. The Hall–Kier alpha value is -5.18. The molecule has 0 radical (unpaired) electrons. The van der Waals surface area contributed by atoms with Crippen LogP contribution >= 0.6 is 0 Å². The zero-order valence-electron chi connectivity index (χ0n) is 29.5. The fourth-order valence-electron chi connectivity index (χ4n) is 8.49. The lowest BCUT2D eigenvalue weighted by Gasteiger charge is -2.33. The second-order valence-electron chi connectivity index (χ2n) is 14.6. The van der Waals surface area contributed by atoms with E-state index in [1.54, 1.807) is 30.0 Å². The molecule has 2 N–H and O–H groups in total. The van der Waals surface area contributed by atoms with Crippen molar-refractivity contribution in [2.24, 2.45) is 0 Å². The molecule has 3 amide bonds. The van der Waals surface area contributed by atoms with Crippen LogP contribution in [0.5, 0.6) is 0 Å². The van der Waals surface area contributed by atoms with Crippen LogP contribution in [0.2, 0.25) is 0 Å². The average Bonchev–Trinajstić information content (AvgIpc) is 3.87. The van der Waals surface area contributed by atoms with E-state index in [0.717, 1.165) is 70.7 Å². The van der Waals surface area contributed by atoms with Crippen molar-refractivity contribution in [3.05, 3.63) is 95.1 Å². The van der Waals surface area contributed by atoms with Gasteiger partial charge in [0.05, 0.1) is 11.2 Å². The summed E-state index contributed by atoms with van der Waals surface area (Å²) in [6, 6.07) is 21.7. The van der Waals surface area contributed by atoms with Crippen molar-refractivity contribution < 1.29 is 24.3 Å². The van der Waals surface area contributed by atoms with Crippen LogP contribution < -0.4 is 10.2 Å². The van der Waals surface area contributed by atoms with Crippen LogP contribution in [0.1, 0.15) is 90.8 Å². The van der Waals surface area contributed by atoms with Gasteiger partial charge in [0.2, 0.25) is 5.91 Å². The summed E-state index contributed by atoms with van der Waals surface area (Å²) < 4.78 is 2.10. The Labute approximate surface area is 298 Å². The third kappa shape index (κ3) is 6.69. The normalized spacial score (nSPS) is 17.2. The van der Waals surface area contributed by atoms with Gasteiger partial charge in [-0.3, -0.25) is 14.4 Å². The van der Waals surface area contributed by atoms with Gasteiger partial charge < -0.3 is 24.8 Å². The lowest BCUT2D eigenvalue weighted by Crippen LogP contribution is -2.58. The van der Waals surface area contributed by atoms with Gasteiger partial charge in [-0.2, -0.15) is 0 Å². The summed E-state index contributed by atoms with van der Waals surface area (Å²) in [4.78, 5) is 56.4. The quantitative estimate of drug-likeness (QED) is 0.181. The zero-order chi connectivity index (χ0) is 35.7. The van der Waals surface area contributed by atoms with Gasteiger partial charge in [-0.25, -0.2) is 4.79 Å². The number of carbonyl (C=O) groups excluding carboxylic acids is 3. The lowest BCUT2D eigenvalue weighted by atomic mass is 9.81. The molecule has 0 atom stereocenters. The summed E-state index contributed by atoms with van der Waals surface area (Å²) in [6.07, 6.45) is 11.9. The molecule has 7 rings (SSSR count). The van der Waals surface area contributed by atoms with Gasteiger partial charge in [0.1, 0.15) is 12.1 Å². The Bertz CT molecular complexity index is 2020. The fourth-order valence-corrected chi connectivity index (χ4v) is 8.49. The maximum Gasteiger partial charge on any atom is 0.328 e. The van der Waals surface area contributed by atoms with Gasteiger partial charge in [-0.1, -0.05) is 74.6 Å². The first-order chi connectivity index (χ1) is 24.6. The molecule has 1 aromatic heterocycles. The molecule has 2 fully saturated rings. The van der Waals surface area contributed by atoms with Crippen LogP contribution in [-0.2, 0) is 27.3 Å². The molecule has 0 saturated heterocycles. The zero-order valence-corrected chi connectivity index (χ0v) is 29.5. The molecule has 2 heterocycles. The molecule has 2 saturated carbocycles. The monoisotopic (exact) mass is 686 g/mol. The number of carbonyl (C=O) groups is 4. The molecule has 3 aliphatic rings. The molecule has 264 valence electrons. The minimum absolute atomic E-state index is 0.0273. The maximum atomic E-state index is 14.4. The number of carboxylic acids is 1. The number of anilines is 1. The number of likely N-dealkylation sites (N-methyl/N-ethyl adjacent to an activating group) is 1. The number of hydrogen-bond donors (Lipinski definition) is 2. The first-order valence-electron chi connectivity index (χ1n) is 18.3. The van der Waals surface area contributed by atoms with Gasteiger partial charge >= 0.3 is 5.97 Å². The van der Waals surface area contributed by atoms with E-state index >= 15 is 0 Å². The van der Waals surface area contributed by atoms with Crippen molar-refractivity contribution in [2.75, 3.05) is 25.5 Å². The molecule has 3 aromatic carbocycles. The number of aromatic nitrogens is 1. The van der Waals surface area contributed by atoms with Crippen molar-refractivity contribution in [3.8, 4) is 11.3 Å². The molecular formula is C42H46N4O5. The number of aliphatic carboxylic acids is 1. The highest BCUT2D eigenvalue weighted by molar-refractivity contribution is 6.07. The Morgan fingerprint density at radius 1 is 0.922 bits per heavy atom. The van der Waals surface area contributed by atoms with Crippen molar-refractivity contribution in [3.63, 3.8) is 0 Å². The van der Waals surface area contributed by atoms with E-state index in [9.17, 15) is 19.2 Å². The molecule has 4 aromatic rings. The molecule has 9 heteroatoms. The number of amides is 3. The van der Waals surface area contributed by atoms with E-state index in [-0.39, 0.29) is 24.3 Å². The van der Waals surface area contributed by atoms with Crippen molar-refractivity contribution in [2.45, 2.75) is 82.2 Å². The molecule has 0 bridgehead atoms. The topological polar surface area (TPSA) is 112 Å². The number of nitrogens with zero attached hydrogens (tertiary/aromatic N) is 3. The number of fused-ring (bicyclic) bond motifs is 2. The average molecular weight is 687 g/mol. The van der Waals surface area contributed by atoms with Crippen LogP contribution in [-0.4, -0.2) is 64.4 Å². The highest BCUT2D eigenvalue weighted by Crippen LogP contribution is 2.44. The Kier molecular flexibility index (Phi) is 9.55. The highest BCUT2D eigenvalue weighted by Gasteiger charge is 2.46. The lowest BCUT2D eigenvalue weighted by molar-refractivity contribution is -0.131. The molecule has 0 unspecified atom stereocenters. The summed E-state index contributed by atoms with van der Waals surface area (Å²) in [7, 11) is 3.53. The van der Waals surface area contributed by atoms with E-state index < -0.39 is 11.5 Å². The predicted octanol–water partition coefficient (Wildman–Crippen LogP) is 7.17. The predicted molar refractivity (Wildman–Crippen MR) is 200 cm³/mol. The van der Waals surface area contributed by atoms with Crippen LogP contribution in [0.15, 0.2) is 72.8 Å². The minimum Gasteiger partial charge on any atom is -0.478 e. The fraction of sp³-hybridized carbons (Fsp3) is 0.381. The smallest absolute Gasteiger partial charge is 0.328 e. The number of carboxylic acid groups (broad SMARTS) is 1. The van der Waals surface area contributed by atoms with Crippen molar-refractivity contribution in [1.82, 2.24) is 14.8 Å². The van der Waals surface area contributed by atoms with Crippen LogP contribution in [0.4, 0.5) is 5.69 Å². The molecule has 0 spiro atoms. The SMILES string of the molecule is CN(C)C(=O)Cn1c(-c2ccccc2)c(C2CCCCC2)c2ccc(C(=O)NC3(C(=O)N4CCc5cc(/C=C/C(=O)O)ccc54)CCCC3)cc21. The molecule has 51 heavy (non-hydrogen) atoms. The second-order valence-corrected chi connectivity index (χ2v) is 14.6. The van der Waals surface area contributed by atoms with E-state index in [1.807, 2.05) is 54.6 Å². The summed E-state index contributed by atoms with van der Waals surface area (Å²) in [6.45, 7) is 0.652. The molecular weight excluding hydrogens is 640 g/mol. The molecule has 9 nitrogen and oxygen atoms in total. The van der Waals surface area contributed by atoms with Gasteiger partial charge in [-0.15, -0.1) is 0 Å². The maximum absolute atomic E-state index is 14.4. The van der Waals surface area contributed by atoms with Gasteiger partial charge in [0.15, 0.2) is 0 Å². The minimum atomic E-state index is -1.03. The molecule has 2 aliphatic carbocycles. The standard InChI is InChI=1S/C42H46N4O5/c1-44(2)36(47)27-46-35-26-32(17-18-33(35)38(29-11-5-3-6-12-29)39(46)30-13-7-4-8-14-30)40(50)43-42(22-9-10-23-42)41(51)45-24-21-31-25-28(15-19-34(31)45)16-20-37(48)49/h4,7-8,13-20,25-26,29H,3,5-6,9-12,21-24,27H2,1-2H3,(H,43,50)(H,48,49)/b20-16+. The number of hydrogen-bond acceptors (Lipinski definition) is 4. The first-order valence-corrected chi connectivity index (χ1v) is 18.3. The Balaban J connectivity index is 1.25.